The van der Waals surface area contributed by atoms with Crippen molar-refractivity contribution in [3.63, 3.8) is 0 Å². The van der Waals surface area contributed by atoms with Crippen LogP contribution in [0.3, 0.4) is 0 Å². The molecule has 1 rings (SSSR count). The van der Waals surface area contributed by atoms with Gasteiger partial charge < -0.3 is 25.0 Å². The summed E-state index contributed by atoms with van der Waals surface area (Å²) in [7, 11) is 3.85. The van der Waals surface area contributed by atoms with E-state index in [4.69, 9.17) is 9.47 Å². The summed E-state index contributed by atoms with van der Waals surface area (Å²) in [4.78, 5) is 18.7. The number of alkyl carbamates (subject to hydrolysis) is 1. The van der Waals surface area contributed by atoms with Gasteiger partial charge in [0.1, 0.15) is 5.60 Å². The number of nitrogens with one attached hydrogen (secondary N) is 2. The Morgan fingerprint density at radius 1 is 1.31 bits per heavy atom. The highest BCUT2D eigenvalue weighted by molar-refractivity contribution is 8.00. The summed E-state index contributed by atoms with van der Waals surface area (Å²) >= 11 is 1.91. The highest BCUT2D eigenvalue weighted by Gasteiger charge is 2.32. The average Bonchev–Trinajstić information content (AvgIpc) is 2.64. The largest absolute Gasteiger partial charge is 0.444 e. The number of nitrogens with zero attached hydrogens (tertiary/aromatic N) is 2. The van der Waals surface area contributed by atoms with Crippen LogP contribution in [0.1, 0.15) is 53.9 Å². The van der Waals surface area contributed by atoms with Gasteiger partial charge in [0.15, 0.2) is 5.96 Å². The van der Waals surface area contributed by atoms with E-state index < -0.39 is 5.60 Å². The smallest absolute Gasteiger partial charge is 0.407 e. The summed E-state index contributed by atoms with van der Waals surface area (Å²) in [6.07, 6.45) is 4.74. The molecule has 1 aliphatic heterocycles. The number of guanidine groups is 1. The third-order valence-corrected chi connectivity index (χ3v) is 6.68. The molecule has 0 aliphatic carbocycles. The quantitative estimate of drug-likeness (QED) is 0.454. The zero-order chi connectivity index (χ0) is 22.1. The van der Waals surface area contributed by atoms with Gasteiger partial charge >= 0.3 is 6.09 Å². The van der Waals surface area contributed by atoms with Crippen molar-refractivity contribution in [2.24, 2.45) is 10.9 Å². The number of amides is 1. The van der Waals surface area contributed by atoms with Crippen molar-refractivity contribution in [1.82, 2.24) is 15.5 Å². The second kappa shape index (κ2) is 11.9. The summed E-state index contributed by atoms with van der Waals surface area (Å²) in [5, 5.41) is 6.56. The molecule has 8 heteroatoms. The molecule has 1 aliphatic rings. The maximum absolute atomic E-state index is 12.2. The highest BCUT2D eigenvalue weighted by atomic mass is 32.2. The van der Waals surface area contributed by atoms with Gasteiger partial charge in [-0.2, -0.15) is 11.8 Å². The van der Waals surface area contributed by atoms with Crippen LogP contribution in [0.2, 0.25) is 0 Å². The van der Waals surface area contributed by atoms with Crippen molar-refractivity contribution in [3.8, 4) is 0 Å². The number of carbonyl (C=O) groups is 1. The molecule has 1 unspecified atom stereocenters. The lowest BCUT2D eigenvalue weighted by Crippen LogP contribution is -2.49. The Bertz CT molecular complexity index is 529. The number of thioether (sulfide) groups is 1. The topological polar surface area (TPSA) is 75.2 Å². The predicted octanol–water partition coefficient (Wildman–Crippen LogP) is 3.35. The highest BCUT2D eigenvalue weighted by Crippen LogP contribution is 2.33. The molecule has 0 aromatic heterocycles. The molecule has 0 bridgehead atoms. The minimum absolute atomic E-state index is 0.0402. The van der Waals surface area contributed by atoms with Crippen LogP contribution in [-0.4, -0.2) is 80.0 Å². The summed E-state index contributed by atoms with van der Waals surface area (Å²) in [5.74, 6) is 1.19. The van der Waals surface area contributed by atoms with Crippen molar-refractivity contribution in [2.45, 2.75) is 70.3 Å². The average molecular weight is 431 g/mol. The minimum Gasteiger partial charge on any atom is -0.444 e. The van der Waals surface area contributed by atoms with Crippen LogP contribution >= 0.6 is 11.8 Å². The normalized spacial score (nSPS) is 18.3. The SMILES string of the molecule is CN=C(NCC1(SC)CCOCC1)N(C)CCC(NC(=O)OC(C)(C)C)C(C)C. The molecule has 7 nitrogen and oxygen atoms in total. The van der Waals surface area contributed by atoms with Crippen molar-refractivity contribution in [1.29, 1.82) is 0 Å². The van der Waals surface area contributed by atoms with Crippen LogP contribution < -0.4 is 10.6 Å². The minimum atomic E-state index is -0.494. The van der Waals surface area contributed by atoms with Crippen molar-refractivity contribution >= 4 is 23.8 Å². The van der Waals surface area contributed by atoms with E-state index in [1.165, 1.54) is 0 Å². The molecule has 0 spiro atoms. The van der Waals surface area contributed by atoms with Crippen LogP contribution in [-0.2, 0) is 9.47 Å². The van der Waals surface area contributed by atoms with Crippen molar-refractivity contribution < 1.29 is 14.3 Å². The first-order valence-electron chi connectivity index (χ1n) is 10.6. The second-order valence-corrected chi connectivity index (χ2v) is 10.4. The van der Waals surface area contributed by atoms with E-state index in [1.54, 1.807) is 0 Å². The molecule has 1 fully saturated rings. The molecule has 1 saturated heterocycles. The van der Waals surface area contributed by atoms with Gasteiger partial charge in [-0.15, -0.1) is 0 Å². The molecule has 0 radical (unpaired) electrons. The Hall–Kier alpha value is -1.15. The Morgan fingerprint density at radius 2 is 1.93 bits per heavy atom. The Labute approximate surface area is 181 Å². The Kier molecular flexibility index (Phi) is 10.6. The summed E-state index contributed by atoms with van der Waals surface area (Å²) in [5.41, 5.74) is -0.494. The number of hydrogen-bond acceptors (Lipinski definition) is 5. The first-order valence-corrected chi connectivity index (χ1v) is 11.8. The van der Waals surface area contributed by atoms with E-state index in [0.717, 1.165) is 51.5 Å². The van der Waals surface area contributed by atoms with Gasteiger partial charge in [-0.1, -0.05) is 13.8 Å². The van der Waals surface area contributed by atoms with Gasteiger partial charge in [0.2, 0.25) is 0 Å². The first kappa shape index (κ1) is 25.9. The zero-order valence-corrected chi connectivity index (χ0v) is 20.4. The van der Waals surface area contributed by atoms with E-state index >= 15 is 0 Å². The zero-order valence-electron chi connectivity index (χ0n) is 19.6. The van der Waals surface area contributed by atoms with Crippen LogP contribution in [0.5, 0.6) is 0 Å². The van der Waals surface area contributed by atoms with Gasteiger partial charge in [0, 0.05) is 51.2 Å². The first-order chi connectivity index (χ1) is 13.5. The van der Waals surface area contributed by atoms with E-state index in [-0.39, 0.29) is 16.9 Å². The molecule has 1 atom stereocenters. The van der Waals surface area contributed by atoms with Gasteiger partial charge in [-0.25, -0.2) is 4.79 Å². The van der Waals surface area contributed by atoms with Crippen molar-refractivity contribution in [3.05, 3.63) is 0 Å². The number of ether oxygens (including phenoxy) is 2. The van der Waals surface area contributed by atoms with Crippen molar-refractivity contribution in [2.75, 3.05) is 46.7 Å². The lowest BCUT2D eigenvalue weighted by Gasteiger charge is -2.37. The molecular formula is C21H42N4O3S. The Morgan fingerprint density at radius 3 is 2.41 bits per heavy atom. The molecule has 170 valence electrons. The molecule has 2 N–H and O–H groups in total. The van der Waals surface area contributed by atoms with Gasteiger partial charge in [0.05, 0.1) is 0 Å². The van der Waals surface area contributed by atoms with E-state index in [9.17, 15) is 4.79 Å². The summed E-state index contributed by atoms with van der Waals surface area (Å²) < 4.78 is 11.1. The third-order valence-electron chi connectivity index (χ3n) is 5.26. The fourth-order valence-corrected chi connectivity index (χ4v) is 4.08. The number of hydrogen-bond donors (Lipinski definition) is 2. The molecule has 1 amide bonds. The molecule has 29 heavy (non-hydrogen) atoms. The number of rotatable bonds is 8. The van der Waals surface area contributed by atoms with Gasteiger partial charge in [0.25, 0.3) is 0 Å². The lowest BCUT2D eigenvalue weighted by molar-refractivity contribution is 0.0485. The summed E-state index contributed by atoms with van der Waals surface area (Å²) in [6.45, 7) is 13.2. The number of carbonyl (C=O) groups excluding carboxylic acids is 1. The van der Waals surface area contributed by atoms with Crippen LogP contribution in [0, 0.1) is 5.92 Å². The fraction of sp³-hybridized carbons (Fsp3) is 0.905. The van der Waals surface area contributed by atoms with E-state index in [0.29, 0.717) is 5.92 Å². The van der Waals surface area contributed by atoms with Gasteiger partial charge in [-0.05, 0) is 52.2 Å². The van der Waals surface area contributed by atoms with Crippen LogP contribution in [0.15, 0.2) is 4.99 Å². The maximum atomic E-state index is 12.2. The number of aliphatic imine (C=N–C) groups is 1. The molecule has 0 saturated carbocycles. The van der Waals surface area contributed by atoms with E-state index in [1.807, 2.05) is 46.6 Å². The lowest BCUT2D eigenvalue weighted by atomic mass is 9.99. The molecule has 0 aromatic rings. The molecular weight excluding hydrogens is 388 g/mol. The van der Waals surface area contributed by atoms with Crippen LogP contribution in [0.4, 0.5) is 4.79 Å². The summed E-state index contributed by atoms with van der Waals surface area (Å²) in [6, 6.07) is 0.0402. The van der Waals surface area contributed by atoms with Gasteiger partial charge in [-0.3, -0.25) is 4.99 Å². The molecule has 0 aromatic carbocycles. The van der Waals surface area contributed by atoms with Crippen LogP contribution in [0.25, 0.3) is 0 Å². The second-order valence-electron chi connectivity index (χ2n) is 9.11. The van der Waals surface area contributed by atoms with E-state index in [2.05, 4.69) is 40.6 Å². The molecule has 1 heterocycles. The fourth-order valence-electron chi connectivity index (χ4n) is 3.29. The maximum Gasteiger partial charge on any atom is 0.407 e. The standard InChI is InChI=1S/C21H42N4O3S/c1-16(2)17(24-19(26)28-20(3,4)5)9-12-25(7)18(22-6)23-15-21(29-8)10-13-27-14-11-21/h16-17H,9-15H2,1-8H3,(H,22,23)(H,24,26). The predicted molar refractivity (Wildman–Crippen MR) is 123 cm³/mol. The third kappa shape index (κ3) is 9.47. The Balaban J connectivity index is 2.57. The monoisotopic (exact) mass is 430 g/mol.